The van der Waals surface area contributed by atoms with Gasteiger partial charge in [-0.3, -0.25) is 4.79 Å². The van der Waals surface area contributed by atoms with Crippen molar-refractivity contribution in [3.05, 3.63) is 77.3 Å². The lowest BCUT2D eigenvalue weighted by atomic mass is 10.1. The fraction of sp³-hybridized carbons (Fsp3) is 0.227. The Kier molecular flexibility index (Phi) is 5.79. The van der Waals surface area contributed by atoms with Crippen LogP contribution < -0.4 is 5.32 Å². The molecule has 0 radical (unpaired) electrons. The Hall–Kier alpha value is -2.45. The Morgan fingerprint density at radius 3 is 2.60 bits per heavy atom. The largest absolute Gasteiger partial charge is 0.392 e. The fourth-order valence-electron chi connectivity index (χ4n) is 3.71. The van der Waals surface area contributed by atoms with Gasteiger partial charge in [-0.15, -0.1) is 0 Å². The van der Waals surface area contributed by atoms with Crippen LogP contribution in [-0.2, 0) is 21.4 Å². The summed E-state index contributed by atoms with van der Waals surface area (Å²) < 4.78 is 27.6. The molecule has 4 rings (SSSR count). The standard InChI is InChI=1S/C22H21ClN2O4S/c23-18-7-3-4-15(10-18)13-24-22(27)21-12-19(26)14-25(21)30(28,29)20-9-8-16-5-1-2-6-17(16)11-20/h1-11,19,21,26H,12-14H2,(H,24,27)/t19-,21+/m1/s1. The first-order valence-corrected chi connectivity index (χ1v) is 11.4. The molecule has 8 heteroatoms. The molecular weight excluding hydrogens is 424 g/mol. The Morgan fingerprint density at radius 1 is 1.07 bits per heavy atom. The van der Waals surface area contributed by atoms with Gasteiger partial charge in [-0.2, -0.15) is 4.31 Å². The van der Waals surface area contributed by atoms with E-state index in [1.807, 2.05) is 30.3 Å². The first-order valence-electron chi connectivity index (χ1n) is 9.55. The van der Waals surface area contributed by atoms with Crippen molar-refractivity contribution in [2.75, 3.05) is 6.54 Å². The normalized spacial score (nSPS) is 19.8. The van der Waals surface area contributed by atoms with Crippen molar-refractivity contribution in [1.82, 2.24) is 9.62 Å². The highest BCUT2D eigenvalue weighted by Gasteiger charge is 2.43. The third-order valence-electron chi connectivity index (χ3n) is 5.22. The molecule has 30 heavy (non-hydrogen) atoms. The highest BCUT2D eigenvalue weighted by molar-refractivity contribution is 7.89. The molecule has 3 aromatic carbocycles. The summed E-state index contributed by atoms with van der Waals surface area (Å²) in [4.78, 5) is 12.9. The smallest absolute Gasteiger partial charge is 0.243 e. The second-order valence-corrected chi connectivity index (χ2v) is 9.66. The van der Waals surface area contributed by atoms with Crippen LogP contribution in [-0.4, -0.2) is 42.4 Å². The molecule has 3 aromatic rings. The number of rotatable bonds is 5. The summed E-state index contributed by atoms with van der Waals surface area (Å²) in [6, 6.07) is 18.4. The Balaban J connectivity index is 1.56. The summed E-state index contributed by atoms with van der Waals surface area (Å²) in [6.45, 7) is 0.0975. The number of amides is 1. The van der Waals surface area contributed by atoms with Crippen LogP contribution in [0.25, 0.3) is 10.8 Å². The molecule has 0 saturated carbocycles. The maximum atomic E-state index is 13.3. The Morgan fingerprint density at radius 2 is 1.83 bits per heavy atom. The summed E-state index contributed by atoms with van der Waals surface area (Å²) in [5, 5.41) is 15.1. The number of hydrogen-bond acceptors (Lipinski definition) is 4. The minimum Gasteiger partial charge on any atom is -0.392 e. The van der Waals surface area contributed by atoms with E-state index in [2.05, 4.69) is 5.32 Å². The van der Waals surface area contributed by atoms with Gasteiger partial charge in [0, 0.05) is 24.5 Å². The third kappa shape index (κ3) is 4.20. The molecule has 1 saturated heterocycles. The lowest BCUT2D eigenvalue weighted by Crippen LogP contribution is -2.45. The summed E-state index contributed by atoms with van der Waals surface area (Å²) in [5.41, 5.74) is 0.804. The van der Waals surface area contributed by atoms with Gasteiger partial charge in [-0.05, 0) is 40.6 Å². The lowest BCUT2D eigenvalue weighted by Gasteiger charge is -2.23. The van der Waals surface area contributed by atoms with Crippen LogP contribution in [0.3, 0.4) is 0 Å². The molecule has 156 valence electrons. The maximum Gasteiger partial charge on any atom is 0.243 e. The number of hydrogen-bond donors (Lipinski definition) is 2. The van der Waals surface area contributed by atoms with Gasteiger partial charge in [0.05, 0.1) is 11.0 Å². The van der Waals surface area contributed by atoms with Crippen LogP contribution >= 0.6 is 11.6 Å². The van der Waals surface area contributed by atoms with Gasteiger partial charge in [0.2, 0.25) is 15.9 Å². The first-order chi connectivity index (χ1) is 14.3. The number of carbonyl (C=O) groups is 1. The quantitative estimate of drug-likeness (QED) is 0.633. The van der Waals surface area contributed by atoms with Gasteiger partial charge in [-0.25, -0.2) is 8.42 Å². The summed E-state index contributed by atoms with van der Waals surface area (Å²) in [6.07, 6.45) is -0.851. The van der Waals surface area contributed by atoms with E-state index in [0.29, 0.717) is 5.02 Å². The van der Waals surface area contributed by atoms with Gasteiger partial charge >= 0.3 is 0 Å². The second-order valence-electron chi connectivity index (χ2n) is 7.34. The number of halogens is 1. The van der Waals surface area contributed by atoms with Gasteiger partial charge in [0.15, 0.2) is 0 Å². The minimum absolute atomic E-state index is 0.0498. The number of carbonyl (C=O) groups excluding carboxylic acids is 1. The second kappa shape index (κ2) is 8.35. The molecule has 2 N–H and O–H groups in total. The number of aliphatic hydroxyl groups excluding tert-OH is 1. The molecule has 1 aliphatic heterocycles. The van der Waals surface area contributed by atoms with E-state index >= 15 is 0 Å². The predicted octanol–water partition coefficient (Wildman–Crippen LogP) is 2.93. The SMILES string of the molecule is O=C(NCc1cccc(Cl)c1)[C@@H]1C[C@@H](O)CN1S(=O)(=O)c1ccc2ccccc2c1. The summed E-state index contributed by atoms with van der Waals surface area (Å²) in [5.74, 6) is -0.448. The average molecular weight is 445 g/mol. The number of aliphatic hydroxyl groups is 1. The molecule has 1 heterocycles. The highest BCUT2D eigenvalue weighted by atomic mass is 35.5. The van der Waals surface area contributed by atoms with Crippen molar-refractivity contribution in [1.29, 1.82) is 0 Å². The van der Waals surface area contributed by atoms with Gasteiger partial charge in [-0.1, -0.05) is 54.1 Å². The molecule has 2 atom stereocenters. The monoisotopic (exact) mass is 444 g/mol. The molecular formula is C22H21ClN2O4S. The topological polar surface area (TPSA) is 86.7 Å². The molecule has 0 aliphatic carbocycles. The Labute approximate surface area is 180 Å². The van der Waals surface area contributed by atoms with Crippen molar-refractivity contribution in [2.24, 2.45) is 0 Å². The molecule has 1 fully saturated rings. The lowest BCUT2D eigenvalue weighted by molar-refractivity contribution is -0.124. The molecule has 1 amide bonds. The van der Waals surface area contributed by atoms with E-state index < -0.39 is 28.1 Å². The number of sulfonamides is 1. The van der Waals surface area contributed by atoms with Crippen molar-refractivity contribution >= 4 is 38.3 Å². The van der Waals surface area contributed by atoms with Crippen molar-refractivity contribution < 1.29 is 18.3 Å². The molecule has 0 spiro atoms. The summed E-state index contributed by atoms with van der Waals surface area (Å²) in [7, 11) is -3.96. The van der Waals surface area contributed by atoms with Crippen LogP contribution in [0, 0.1) is 0 Å². The minimum atomic E-state index is -3.96. The molecule has 6 nitrogen and oxygen atoms in total. The zero-order valence-electron chi connectivity index (χ0n) is 16.0. The number of β-amino-alcohol motifs (C(OH)–C–C–N with tert-alkyl or cyclic N) is 1. The number of nitrogens with zero attached hydrogens (tertiary/aromatic N) is 1. The van der Waals surface area contributed by atoms with Crippen LogP contribution in [0.1, 0.15) is 12.0 Å². The van der Waals surface area contributed by atoms with Crippen molar-refractivity contribution in [3.8, 4) is 0 Å². The van der Waals surface area contributed by atoms with E-state index in [0.717, 1.165) is 20.6 Å². The zero-order valence-corrected chi connectivity index (χ0v) is 17.6. The highest BCUT2D eigenvalue weighted by Crippen LogP contribution is 2.28. The van der Waals surface area contributed by atoms with E-state index in [4.69, 9.17) is 11.6 Å². The molecule has 0 unspecified atom stereocenters. The number of nitrogens with one attached hydrogen (secondary N) is 1. The van der Waals surface area contributed by atoms with E-state index in [9.17, 15) is 18.3 Å². The fourth-order valence-corrected chi connectivity index (χ4v) is 5.59. The number of fused-ring (bicyclic) bond motifs is 1. The van der Waals surface area contributed by atoms with Crippen LogP contribution in [0.4, 0.5) is 0 Å². The average Bonchev–Trinajstić information content (AvgIpc) is 3.14. The maximum absolute atomic E-state index is 13.3. The van der Waals surface area contributed by atoms with E-state index in [-0.39, 0.29) is 24.4 Å². The zero-order chi connectivity index (χ0) is 21.3. The van der Waals surface area contributed by atoms with Crippen molar-refractivity contribution in [3.63, 3.8) is 0 Å². The molecule has 1 aliphatic rings. The molecule has 0 aromatic heterocycles. The Bertz CT molecular complexity index is 1200. The number of benzene rings is 3. The third-order valence-corrected chi connectivity index (χ3v) is 7.33. The van der Waals surface area contributed by atoms with Crippen molar-refractivity contribution in [2.45, 2.75) is 30.0 Å². The van der Waals surface area contributed by atoms with Crippen LogP contribution in [0.5, 0.6) is 0 Å². The van der Waals surface area contributed by atoms with Gasteiger partial charge in [0.1, 0.15) is 6.04 Å². The van der Waals surface area contributed by atoms with Gasteiger partial charge in [0.25, 0.3) is 0 Å². The van der Waals surface area contributed by atoms with Gasteiger partial charge < -0.3 is 10.4 Å². The predicted molar refractivity (Wildman–Crippen MR) is 116 cm³/mol. The summed E-state index contributed by atoms with van der Waals surface area (Å²) >= 11 is 5.97. The molecule has 0 bridgehead atoms. The first kappa shape index (κ1) is 20.8. The van der Waals surface area contributed by atoms with E-state index in [1.54, 1.807) is 30.3 Å². The van der Waals surface area contributed by atoms with E-state index in [1.165, 1.54) is 6.07 Å². The van der Waals surface area contributed by atoms with Crippen LogP contribution in [0.15, 0.2) is 71.6 Å². The van der Waals surface area contributed by atoms with Crippen LogP contribution in [0.2, 0.25) is 5.02 Å².